The molecule has 15 heavy (non-hydrogen) atoms. The molecule has 0 bridgehead atoms. The van der Waals surface area contributed by atoms with Crippen LogP contribution in [0.2, 0.25) is 0 Å². The van der Waals surface area contributed by atoms with Gasteiger partial charge in [0, 0.05) is 18.0 Å². The molecule has 1 heterocycles. The maximum absolute atomic E-state index is 5.65. The second-order valence-corrected chi connectivity index (χ2v) is 4.18. The van der Waals surface area contributed by atoms with E-state index in [-0.39, 0.29) is 0 Å². The molecule has 2 heteroatoms. The Balaban J connectivity index is 2.17. The van der Waals surface area contributed by atoms with Gasteiger partial charge in [-0.15, -0.1) is 0 Å². The first-order valence-corrected chi connectivity index (χ1v) is 5.98. The number of hydrogen-bond acceptors (Lipinski definition) is 2. The molecule has 0 atom stereocenters. The summed E-state index contributed by atoms with van der Waals surface area (Å²) in [4.78, 5) is 4.22. The van der Waals surface area contributed by atoms with Crippen molar-refractivity contribution < 1.29 is 4.74 Å². The first kappa shape index (κ1) is 10.5. The van der Waals surface area contributed by atoms with Gasteiger partial charge in [-0.3, -0.25) is 4.98 Å². The smallest absolute Gasteiger partial charge is 0.125 e. The van der Waals surface area contributed by atoms with Gasteiger partial charge in [0.25, 0.3) is 0 Å². The van der Waals surface area contributed by atoms with Crippen LogP contribution in [0.15, 0.2) is 18.5 Å². The van der Waals surface area contributed by atoms with E-state index < -0.39 is 0 Å². The standard InChI is InChI=1S/C13H19NO/c1-2-15-13-8-9-14-10-12(13)11-6-4-3-5-7-11/h8-11H,2-7H2,1H3. The Labute approximate surface area is 91.7 Å². The summed E-state index contributed by atoms with van der Waals surface area (Å²) in [6.45, 7) is 2.77. The zero-order valence-electron chi connectivity index (χ0n) is 9.41. The lowest BCUT2D eigenvalue weighted by Gasteiger charge is -2.23. The summed E-state index contributed by atoms with van der Waals surface area (Å²) >= 11 is 0. The average molecular weight is 205 g/mol. The number of nitrogens with zero attached hydrogens (tertiary/aromatic N) is 1. The van der Waals surface area contributed by atoms with Crippen LogP contribution in [0.25, 0.3) is 0 Å². The third-order valence-electron chi connectivity index (χ3n) is 3.15. The van der Waals surface area contributed by atoms with Crippen molar-refractivity contribution in [2.45, 2.75) is 44.9 Å². The largest absolute Gasteiger partial charge is 0.493 e. The highest BCUT2D eigenvalue weighted by Crippen LogP contribution is 2.36. The zero-order valence-corrected chi connectivity index (χ0v) is 9.41. The molecule has 0 aliphatic heterocycles. The summed E-state index contributed by atoms with van der Waals surface area (Å²) in [6.07, 6.45) is 10.5. The van der Waals surface area contributed by atoms with Gasteiger partial charge in [0.15, 0.2) is 0 Å². The number of rotatable bonds is 3. The number of ether oxygens (including phenoxy) is 1. The predicted molar refractivity (Wildman–Crippen MR) is 61.2 cm³/mol. The van der Waals surface area contributed by atoms with Crippen molar-refractivity contribution in [3.05, 3.63) is 24.0 Å². The van der Waals surface area contributed by atoms with Crippen LogP contribution in [-0.4, -0.2) is 11.6 Å². The fraction of sp³-hybridized carbons (Fsp3) is 0.615. The van der Waals surface area contributed by atoms with Crippen LogP contribution in [0.3, 0.4) is 0 Å². The SMILES string of the molecule is CCOc1ccncc1C1CCCCC1. The van der Waals surface area contributed by atoms with Crippen molar-refractivity contribution in [1.29, 1.82) is 0 Å². The fourth-order valence-corrected chi connectivity index (χ4v) is 2.40. The highest BCUT2D eigenvalue weighted by molar-refractivity contribution is 5.33. The molecule has 1 aromatic rings. The Morgan fingerprint density at radius 1 is 1.33 bits per heavy atom. The summed E-state index contributed by atoms with van der Waals surface area (Å²) in [5.74, 6) is 1.72. The number of pyridine rings is 1. The highest BCUT2D eigenvalue weighted by Gasteiger charge is 2.18. The molecule has 1 fully saturated rings. The molecule has 1 saturated carbocycles. The van der Waals surface area contributed by atoms with E-state index in [1.54, 1.807) is 0 Å². The lowest BCUT2D eigenvalue weighted by molar-refractivity contribution is 0.327. The first-order valence-electron chi connectivity index (χ1n) is 5.98. The lowest BCUT2D eigenvalue weighted by Crippen LogP contribution is -2.07. The van der Waals surface area contributed by atoms with E-state index in [4.69, 9.17) is 4.74 Å². The molecule has 0 amide bonds. The van der Waals surface area contributed by atoms with Crippen LogP contribution >= 0.6 is 0 Å². The fourth-order valence-electron chi connectivity index (χ4n) is 2.40. The van der Waals surface area contributed by atoms with E-state index >= 15 is 0 Å². The van der Waals surface area contributed by atoms with E-state index in [1.807, 2.05) is 25.4 Å². The third-order valence-corrected chi connectivity index (χ3v) is 3.15. The van der Waals surface area contributed by atoms with Crippen molar-refractivity contribution in [3.63, 3.8) is 0 Å². The molecule has 0 N–H and O–H groups in total. The maximum atomic E-state index is 5.65. The average Bonchev–Trinajstić information content (AvgIpc) is 2.31. The van der Waals surface area contributed by atoms with Crippen molar-refractivity contribution in [3.8, 4) is 5.75 Å². The van der Waals surface area contributed by atoms with Crippen LogP contribution in [0.4, 0.5) is 0 Å². The van der Waals surface area contributed by atoms with Gasteiger partial charge in [-0.25, -0.2) is 0 Å². The molecule has 2 nitrogen and oxygen atoms in total. The molecule has 1 aromatic heterocycles. The van der Waals surface area contributed by atoms with Crippen molar-refractivity contribution in [1.82, 2.24) is 4.98 Å². The number of hydrogen-bond donors (Lipinski definition) is 0. The maximum Gasteiger partial charge on any atom is 0.125 e. The molecule has 0 aromatic carbocycles. The van der Waals surface area contributed by atoms with E-state index in [2.05, 4.69) is 4.98 Å². The first-order chi connectivity index (χ1) is 7.42. The van der Waals surface area contributed by atoms with Gasteiger partial charge in [0.1, 0.15) is 5.75 Å². The zero-order chi connectivity index (χ0) is 10.5. The predicted octanol–water partition coefficient (Wildman–Crippen LogP) is 3.53. The third kappa shape index (κ3) is 2.49. The quantitative estimate of drug-likeness (QED) is 0.753. The molecule has 1 aliphatic rings. The Hall–Kier alpha value is -1.05. The van der Waals surface area contributed by atoms with Gasteiger partial charge in [-0.05, 0) is 31.7 Å². The van der Waals surface area contributed by atoms with Gasteiger partial charge in [0.2, 0.25) is 0 Å². The van der Waals surface area contributed by atoms with Crippen molar-refractivity contribution >= 4 is 0 Å². The summed E-state index contributed by atoms with van der Waals surface area (Å²) < 4.78 is 5.65. The molecule has 0 spiro atoms. The van der Waals surface area contributed by atoms with Crippen LogP contribution in [0.1, 0.15) is 50.5 Å². The molecule has 82 valence electrons. The molecular weight excluding hydrogens is 186 g/mol. The Morgan fingerprint density at radius 3 is 2.87 bits per heavy atom. The minimum atomic E-state index is 0.675. The van der Waals surface area contributed by atoms with Gasteiger partial charge < -0.3 is 4.74 Å². The van der Waals surface area contributed by atoms with Crippen LogP contribution in [-0.2, 0) is 0 Å². The van der Waals surface area contributed by atoms with E-state index in [0.717, 1.165) is 12.4 Å². The lowest BCUT2D eigenvalue weighted by atomic mass is 9.84. The van der Waals surface area contributed by atoms with Crippen LogP contribution in [0.5, 0.6) is 5.75 Å². The van der Waals surface area contributed by atoms with Gasteiger partial charge in [0.05, 0.1) is 6.61 Å². The molecule has 0 unspecified atom stereocenters. The Morgan fingerprint density at radius 2 is 2.13 bits per heavy atom. The second kappa shape index (κ2) is 5.15. The summed E-state index contributed by atoms with van der Waals surface area (Å²) in [6, 6.07) is 1.99. The van der Waals surface area contributed by atoms with Gasteiger partial charge >= 0.3 is 0 Å². The summed E-state index contributed by atoms with van der Waals surface area (Å²) in [5.41, 5.74) is 1.32. The Bertz CT molecular complexity index is 305. The van der Waals surface area contributed by atoms with Gasteiger partial charge in [-0.1, -0.05) is 19.3 Å². The van der Waals surface area contributed by atoms with Gasteiger partial charge in [-0.2, -0.15) is 0 Å². The summed E-state index contributed by atoms with van der Waals surface area (Å²) in [7, 11) is 0. The normalized spacial score (nSPS) is 17.7. The number of aromatic nitrogens is 1. The Kier molecular flexibility index (Phi) is 3.59. The van der Waals surface area contributed by atoms with Crippen molar-refractivity contribution in [2.75, 3.05) is 6.61 Å². The van der Waals surface area contributed by atoms with E-state index in [0.29, 0.717) is 5.92 Å². The highest BCUT2D eigenvalue weighted by atomic mass is 16.5. The molecule has 0 radical (unpaired) electrons. The molecule has 1 aliphatic carbocycles. The second-order valence-electron chi connectivity index (χ2n) is 4.18. The van der Waals surface area contributed by atoms with E-state index in [9.17, 15) is 0 Å². The van der Waals surface area contributed by atoms with Crippen LogP contribution in [0, 0.1) is 0 Å². The minimum absolute atomic E-state index is 0.675. The van der Waals surface area contributed by atoms with Crippen LogP contribution < -0.4 is 4.74 Å². The van der Waals surface area contributed by atoms with Crippen molar-refractivity contribution in [2.24, 2.45) is 0 Å². The molecule has 2 rings (SSSR count). The topological polar surface area (TPSA) is 22.1 Å². The summed E-state index contributed by atoms with van der Waals surface area (Å²) in [5, 5.41) is 0. The minimum Gasteiger partial charge on any atom is -0.493 e. The van der Waals surface area contributed by atoms with E-state index in [1.165, 1.54) is 37.7 Å². The monoisotopic (exact) mass is 205 g/mol. The molecular formula is C13H19NO. The molecule has 0 saturated heterocycles.